The molecule has 0 aromatic carbocycles. The Morgan fingerprint density at radius 1 is 1.57 bits per heavy atom. The molecule has 0 atom stereocenters. The molecule has 0 aliphatic carbocycles. The fraction of sp³-hybridized carbons (Fsp3) is 0.167. The molecule has 0 spiro atoms. The predicted octanol–water partition coefficient (Wildman–Crippen LogP) is -1.11. The Morgan fingerprint density at radius 2 is 2.29 bits per heavy atom. The lowest BCUT2D eigenvalue weighted by molar-refractivity contribution is 0.108. The lowest BCUT2D eigenvalue weighted by Gasteiger charge is -1.94. The zero-order chi connectivity index (χ0) is 10.3. The highest BCUT2D eigenvalue weighted by atomic mass is 32.1. The Bertz CT molecular complexity index is 571. The topological polar surface area (TPSA) is 82.2 Å². The molecular weight excluding hydrogens is 206 g/mol. The van der Waals surface area contributed by atoms with E-state index in [9.17, 15) is 9.59 Å². The van der Waals surface area contributed by atoms with E-state index in [1.807, 2.05) is 0 Å². The first-order valence-corrected chi connectivity index (χ1v) is 4.06. The van der Waals surface area contributed by atoms with Crippen LogP contribution in [0.1, 0.15) is 10.5 Å². The van der Waals surface area contributed by atoms with Gasteiger partial charge in [-0.25, -0.2) is 14.2 Å². The van der Waals surface area contributed by atoms with E-state index in [0.717, 1.165) is 9.08 Å². The second-order valence-corrected chi connectivity index (χ2v) is 2.99. The molecule has 2 aromatic heterocycles. The largest absolute Gasteiger partial charge is 0.352 e. The van der Waals surface area contributed by atoms with Crippen molar-refractivity contribution in [3.8, 4) is 0 Å². The van der Waals surface area contributed by atoms with Gasteiger partial charge in [-0.3, -0.25) is 4.79 Å². The highest BCUT2D eigenvalue weighted by Crippen LogP contribution is 2.04. The summed E-state index contributed by atoms with van der Waals surface area (Å²) in [4.78, 5) is 26.1. The average molecular weight is 211 g/mol. The van der Waals surface area contributed by atoms with Crippen LogP contribution in [0.3, 0.4) is 0 Å². The molecular formula is C6H5N5O2S. The molecule has 14 heavy (non-hydrogen) atoms. The van der Waals surface area contributed by atoms with E-state index in [1.54, 1.807) is 0 Å². The Morgan fingerprint density at radius 3 is 2.93 bits per heavy atom. The molecule has 0 aliphatic heterocycles. The minimum Gasteiger partial charge on any atom is -0.280 e. The van der Waals surface area contributed by atoms with Gasteiger partial charge in [0.1, 0.15) is 6.33 Å². The number of aryl methyl sites for hydroxylation is 1. The number of imidazole rings is 1. The zero-order valence-corrected chi connectivity index (χ0v) is 7.97. The summed E-state index contributed by atoms with van der Waals surface area (Å²) in [6.07, 6.45) is 1.22. The van der Waals surface area contributed by atoms with Gasteiger partial charge in [0.15, 0.2) is 11.3 Å². The second-order valence-electron chi connectivity index (χ2n) is 2.59. The summed E-state index contributed by atoms with van der Waals surface area (Å²) in [6, 6.07) is 0. The molecule has 8 heteroatoms. The highest BCUT2D eigenvalue weighted by molar-refractivity contribution is 7.97. The van der Waals surface area contributed by atoms with Crippen molar-refractivity contribution in [2.75, 3.05) is 0 Å². The highest BCUT2D eigenvalue weighted by Gasteiger charge is 2.13. The molecule has 2 heterocycles. The SMILES string of the molecule is Cn1nnc2c(C(=O)S)ncn2c1=O. The maximum atomic E-state index is 11.4. The number of nitrogens with zero attached hydrogens (tertiary/aromatic N) is 5. The number of carbonyl (C=O) groups excluding carboxylic acids is 1. The van der Waals surface area contributed by atoms with E-state index in [4.69, 9.17) is 0 Å². The summed E-state index contributed by atoms with van der Waals surface area (Å²) in [7, 11) is 1.46. The van der Waals surface area contributed by atoms with Crippen molar-refractivity contribution in [1.29, 1.82) is 0 Å². The number of aromatic nitrogens is 5. The molecule has 0 N–H and O–H groups in total. The summed E-state index contributed by atoms with van der Waals surface area (Å²) in [5.74, 6) is 0. The fourth-order valence-electron chi connectivity index (χ4n) is 1.03. The minimum absolute atomic E-state index is 0.0264. The van der Waals surface area contributed by atoms with Crippen LogP contribution < -0.4 is 5.69 Å². The molecule has 0 saturated carbocycles. The van der Waals surface area contributed by atoms with Crippen LogP contribution in [0.5, 0.6) is 0 Å². The van der Waals surface area contributed by atoms with Crippen LogP contribution in [-0.4, -0.2) is 29.5 Å². The van der Waals surface area contributed by atoms with Crippen LogP contribution >= 0.6 is 12.6 Å². The van der Waals surface area contributed by atoms with Crippen LogP contribution in [0.15, 0.2) is 11.1 Å². The van der Waals surface area contributed by atoms with Crippen molar-refractivity contribution in [2.45, 2.75) is 0 Å². The van der Waals surface area contributed by atoms with Gasteiger partial charge in [0.25, 0.3) is 0 Å². The molecule has 0 amide bonds. The molecule has 0 aliphatic rings. The third-order valence-electron chi connectivity index (χ3n) is 1.70. The first kappa shape index (κ1) is 8.88. The van der Waals surface area contributed by atoms with Gasteiger partial charge in [0.05, 0.1) is 0 Å². The average Bonchev–Trinajstić information content (AvgIpc) is 2.55. The van der Waals surface area contributed by atoms with Gasteiger partial charge in [0.2, 0.25) is 5.12 Å². The van der Waals surface area contributed by atoms with Crippen molar-refractivity contribution in [3.05, 3.63) is 22.5 Å². The molecule has 2 rings (SSSR count). The van der Waals surface area contributed by atoms with Gasteiger partial charge in [-0.15, -0.1) is 5.10 Å². The molecule has 0 unspecified atom stereocenters. The van der Waals surface area contributed by atoms with Crippen LogP contribution in [0.2, 0.25) is 0 Å². The van der Waals surface area contributed by atoms with Crippen LogP contribution in [0, 0.1) is 0 Å². The lowest BCUT2D eigenvalue weighted by Crippen LogP contribution is -2.27. The molecule has 0 bridgehead atoms. The quantitative estimate of drug-likeness (QED) is 0.605. The van der Waals surface area contributed by atoms with Crippen LogP contribution in [-0.2, 0) is 7.05 Å². The Hall–Kier alpha value is -1.70. The van der Waals surface area contributed by atoms with E-state index in [2.05, 4.69) is 27.9 Å². The predicted molar refractivity (Wildman–Crippen MR) is 49.3 cm³/mol. The van der Waals surface area contributed by atoms with Gasteiger partial charge in [0, 0.05) is 7.05 Å². The van der Waals surface area contributed by atoms with Crippen LogP contribution in [0.25, 0.3) is 5.65 Å². The van der Waals surface area contributed by atoms with E-state index in [1.165, 1.54) is 13.4 Å². The fourth-order valence-corrected chi connectivity index (χ4v) is 1.19. The van der Waals surface area contributed by atoms with E-state index < -0.39 is 10.8 Å². The normalized spacial score (nSPS) is 10.7. The van der Waals surface area contributed by atoms with Crippen molar-refractivity contribution >= 4 is 23.4 Å². The van der Waals surface area contributed by atoms with Gasteiger partial charge < -0.3 is 0 Å². The van der Waals surface area contributed by atoms with Crippen molar-refractivity contribution in [1.82, 2.24) is 24.4 Å². The van der Waals surface area contributed by atoms with Gasteiger partial charge >= 0.3 is 5.69 Å². The van der Waals surface area contributed by atoms with E-state index >= 15 is 0 Å². The molecule has 72 valence electrons. The number of rotatable bonds is 1. The molecule has 0 fully saturated rings. The Balaban J connectivity index is 2.91. The maximum absolute atomic E-state index is 11.4. The number of fused-ring (bicyclic) bond motifs is 1. The summed E-state index contributed by atoms with van der Waals surface area (Å²) in [5.41, 5.74) is -0.269. The van der Waals surface area contributed by atoms with Gasteiger partial charge in [-0.05, 0) is 0 Å². The van der Waals surface area contributed by atoms with Crippen molar-refractivity contribution in [2.24, 2.45) is 7.05 Å². The molecule has 0 saturated heterocycles. The zero-order valence-electron chi connectivity index (χ0n) is 7.08. The third kappa shape index (κ3) is 1.11. The van der Waals surface area contributed by atoms with E-state index in [-0.39, 0.29) is 11.3 Å². The van der Waals surface area contributed by atoms with E-state index in [0.29, 0.717) is 0 Å². The number of hydrogen-bond acceptors (Lipinski definition) is 5. The van der Waals surface area contributed by atoms with Crippen molar-refractivity contribution < 1.29 is 4.79 Å². The lowest BCUT2D eigenvalue weighted by atomic mass is 10.5. The summed E-state index contributed by atoms with van der Waals surface area (Å²) in [5, 5.41) is 6.65. The standard InChI is InChI=1S/C6H5N5O2S/c1-10-6(13)11-2-7-3(5(12)14)4(11)8-9-10/h2H,1H3,(H,12,14). The minimum atomic E-state index is -0.546. The molecule has 7 nitrogen and oxygen atoms in total. The first-order valence-electron chi connectivity index (χ1n) is 3.61. The summed E-state index contributed by atoms with van der Waals surface area (Å²) in [6.45, 7) is 0. The van der Waals surface area contributed by atoms with Crippen LogP contribution in [0.4, 0.5) is 0 Å². The van der Waals surface area contributed by atoms with Gasteiger partial charge in [-0.1, -0.05) is 17.8 Å². The number of hydrogen-bond donors (Lipinski definition) is 1. The first-order chi connectivity index (χ1) is 6.61. The maximum Gasteiger partial charge on any atom is 0.352 e. The molecule has 0 radical (unpaired) electrons. The Labute approximate surface area is 82.8 Å². The second kappa shape index (κ2) is 2.91. The smallest absolute Gasteiger partial charge is 0.280 e. The van der Waals surface area contributed by atoms with Crippen molar-refractivity contribution in [3.63, 3.8) is 0 Å². The summed E-state index contributed by atoms with van der Waals surface area (Å²) >= 11 is 3.60. The Kier molecular flexibility index (Phi) is 1.84. The monoisotopic (exact) mass is 211 g/mol. The third-order valence-corrected chi connectivity index (χ3v) is 1.91. The number of carbonyl (C=O) groups is 1. The summed E-state index contributed by atoms with van der Waals surface area (Å²) < 4.78 is 2.18. The number of thiol groups is 1. The van der Waals surface area contributed by atoms with Gasteiger partial charge in [-0.2, -0.15) is 4.68 Å². The molecule has 2 aromatic rings.